The summed E-state index contributed by atoms with van der Waals surface area (Å²) >= 11 is 6.01. The number of nitrogens with zero attached hydrogens (tertiary/aromatic N) is 4. The maximum absolute atomic E-state index is 13.5. The molecular weight excluding hydrogens is 455 g/mol. The van der Waals surface area contributed by atoms with Crippen LogP contribution >= 0.6 is 11.6 Å². The number of pyridine rings is 1. The van der Waals surface area contributed by atoms with E-state index in [9.17, 15) is 9.18 Å². The van der Waals surface area contributed by atoms with Crippen LogP contribution in [0, 0.1) is 19.7 Å². The number of ether oxygens (including phenoxy) is 1. The molecule has 0 N–H and O–H groups in total. The minimum atomic E-state index is -0.306. The first-order valence-electron chi connectivity index (χ1n) is 10.6. The van der Waals surface area contributed by atoms with Gasteiger partial charge in [-0.3, -0.25) is 9.20 Å². The minimum Gasteiger partial charge on any atom is -0.485 e. The summed E-state index contributed by atoms with van der Waals surface area (Å²) in [5.41, 5.74) is 4.19. The molecule has 3 heterocycles. The van der Waals surface area contributed by atoms with Gasteiger partial charge >= 0.3 is 0 Å². The highest BCUT2D eigenvalue weighted by molar-refractivity contribution is 6.30. The molecular formula is C26H20ClFN4O2. The molecule has 0 bridgehead atoms. The second kappa shape index (κ2) is 8.76. The average molecular weight is 475 g/mol. The number of hydrogen-bond donors (Lipinski definition) is 0. The van der Waals surface area contributed by atoms with Gasteiger partial charge in [0.05, 0.1) is 16.9 Å². The lowest BCUT2D eigenvalue weighted by Crippen LogP contribution is -2.19. The molecule has 0 amide bonds. The second-order valence-electron chi connectivity index (χ2n) is 7.92. The van der Waals surface area contributed by atoms with E-state index < -0.39 is 0 Å². The van der Waals surface area contributed by atoms with Gasteiger partial charge in [0.1, 0.15) is 18.1 Å². The Morgan fingerprint density at radius 2 is 1.76 bits per heavy atom. The zero-order chi connectivity index (χ0) is 23.8. The van der Waals surface area contributed by atoms with E-state index in [1.54, 1.807) is 54.2 Å². The van der Waals surface area contributed by atoms with Gasteiger partial charge in [-0.05, 0) is 74.0 Å². The second-order valence-corrected chi connectivity index (χ2v) is 8.35. The molecule has 3 aromatic heterocycles. The summed E-state index contributed by atoms with van der Waals surface area (Å²) in [5.74, 6) is 0.153. The Hall–Kier alpha value is -3.97. The lowest BCUT2D eigenvalue weighted by molar-refractivity contribution is 0.307. The Bertz CT molecular complexity index is 1560. The van der Waals surface area contributed by atoms with Crippen LogP contribution in [0.25, 0.3) is 22.6 Å². The van der Waals surface area contributed by atoms with Crippen molar-refractivity contribution in [3.05, 3.63) is 111 Å². The molecule has 0 saturated heterocycles. The molecule has 0 aliphatic rings. The summed E-state index contributed by atoms with van der Waals surface area (Å²) in [4.78, 5) is 18.1. The van der Waals surface area contributed by atoms with E-state index in [2.05, 4.69) is 10.1 Å². The van der Waals surface area contributed by atoms with E-state index in [0.717, 1.165) is 16.9 Å². The molecule has 0 unspecified atom stereocenters. The molecule has 0 atom stereocenters. The largest absolute Gasteiger partial charge is 0.485 e. The molecule has 0 saturated carbocycles. The maximum atomic E-state index is 13.5. The number of aryl methyl sites for hydroxylation is 2. The Balaban J connectivity index is 1.54. The molecule has 0 aliphatic heterocycles. The van der Waals surface area contributed by atoms with E-state index in [1.807, 2.05) is 25.1 Å². The zero-order valence-electron chi connectivity index (χ0n) is 18.5. The lowest BCUT2D eigenvalue weighted by atomic mass is 10.1. The molecule has 34 heavy (non-hydrogen) atoms. The summed E-state index contributed by atoms with van der Waals surface area (Å²) in [5, 5.41) is 5.31. The maximum Gasteiger partial charge on any atom is 0.267 e. The first kappa shape index (κ1) is 21.9. The lowest BCUT2D eigenvalue weighted by Gasteiger charge is -2.11. The van der Waals surface area contributed by atoms with Crippen LogP contribution in [0.4, 0.5) is 4.39 Å². The van der Waals surface area contributed by atoms with E-state index in [0.29, 0.717) is 33.4 Å². The van der Waals surface area contributed by atoms with Crippen LogP contribution in [0.2, 0.25) is 5.02 Å². The third-order valence-corrected chi connectivity index (χ3v) is 5.77. The van der Waals surface area contributed by atoms with Crippen molar-refractivity contribution in [1.29, 1.82) is 0 Å². The first-order chi connectivity index (χ1) is 16.4. The third kappa shape index (κ3) is 4.06. The summed E-state index contributed by atoms with van der Waals surface area (Å²) in [6, 6.07) is 18.7. The number of rotatable bonds is 5. The van der Waals surface area contributed by atoms with Gasteiger partial charge in [0, 0.05) is 16.9 Å². The fourth-order valence-electron chi connectivity index (χ4n) is 3.83. The normalized spacial score (nSPS) is 11.2. The van der Waals surface area contributed by atoms with Crippen LogP contribution in [0.15, 0.2) is 77.7 Å². The molecule has 5 rings (SSSR count). The van der Waals surface area contributed by atoms with Gasteiger partial charge in [-0.2, -0.15) is 5.10 Å². The Morgan fingerprint density at radius 3 is 2.50 bits per heavy atom. The van der Waals surface area contributed by atoms with Crippen molar-refractivity contribution < 1.29 is 9.13 Å². The molecule has 170 valence electrons. The fourth-order valence-corrected chi connectivity index (χ4v) is 3.96. The van der Waals surface area contributed by atoms with Crippen molar-refractivity contribution in [3.63, 3.8) is 0 Å². The molecule has 0 spiro atoms. The Kier molecular flexibility index (Phi) is 5.63. The number of hydrogen-bond acceptors (Lipinski definition) is 4. The van der Waals surface area contributed by atoms with Crippen LogP contribution in [-0.4, -0.2) is 19.2 Å². The van der Waals surface area contributed by atoms with Crippen LogP contribution < -0.4 is 10.3 Å². The number of benzene rings is 2. The summed E-state index contributed by atoms with van der Waals surface area (Å²) in [6.45, 7) is 3.93. The smallest absolute Gasteiger partial charge is 0.267 e. The predicted molar refractivity (Wildman–Crippen MR) is 129 cm³/mol. The minimum absolute atomic E-state index is 0.224. The van der Waals surface area contributed by atoms with E-state index in [4.69, 9.17) is 16.3 Å². The average Bonchev–Trinajstić information content (AvgIpc) is 3.20. The summed E-state index contributed by atoms with van der Waals surface area (Å²) < 4.78 is 22.3. The topological polar surface area (TPSA) is 61.4 Å². The standard InChI is InChI=1S/C26H20ClFN4O2/c1-16-14-22(30-32(16)21-11-7-19(27)8-12-21)24-17(2)29-25-23(4-3-13-31(25)26(24)33)34-15-18-5-9-20(28)10-6-18/h3-14H,15H2,1-2H3. The van der Waals surface area contributed by atoms with Crippen LogP contribution in [0.1, 0.15) is 17.0 Å². The van der Waals surface area contributed by atoms with Crippen molar-refractivity contribution >= 4 is 17.2 Å². The van der Waals surface area contributed by atoms with Crippen LogP contribution in [0.5, 0.6) is 5.75 Å². The van der Waals surface area contributed by atoms with E-state index in [1.165, 1.54) is 16.5 Å². The van der Waals surface area contributed by atoms with Crippen molar-refractivity contribution in [2.75, 3.05) is 0 Å². The van der Waals surface area contributed by atoms with Crippen molar-refractivity contribution in [1.82, 2.24) is 19.2 Å². The van der Waals surface area contributed by atoms with Gasteiger partial charge in [0.25, 0.3) is 5.56 Å². The SMILES string of the molecule is Cc1nc2c(OCc3ccc(F)cc3)cccn2c(=O)c1-c1cc(C)n(-c2ccc(Cl)cc2)n1. The van der Waals surface area contributed by atoms with Crippen molar-refractivity contribution in [2.24, 2.45) is 0 Å². The van der Waals surface area contributed by atoms with Gasteiger partial charge < -0.3 is 4.74 Å². The third-order valence-electron chi connectivity index (χ3n) is 5.52. The monoisotopic (exact) mass is 474 g/mol. The Labute approximate surface area is 199 Å². The highest BCUT2D eigenvalue weighted by Crippen LogP contribution is 2.25. The number of fused-ring (bicyclic) bond motifs is 1. The van der Waals surface area contributed by atoms with Crippen LogP contribution in [0.3, 0.4) is 0 Å². The number of aromatic nitrogens is 4. The molecule has 0 radical (unpaired) electrons. The molecule has 6 nitrogen and oxygen atoms in total. The highest BCUT2D eigenvalue weighted by Gasteiger charge is 2.18. The van der Waals surface area contributed by atoms with Gasteiger partial charge in [0.15, 0.2) is 11.4 Å². The molecule has 2 aromatic carbocycles. The predicted octanol–water partition coefficient (Wildman–Crippen LogP) is 5.54. The van der Waals surface area contributed by atoms with Gasteiger partial charge in [0.2, 0.25) is 0 Å². The molecule has 5 aromatic rings. The van der Waals surface area contributed by atoms with Crippen molar-refractivity contribution in [3.8, 4) is 22.7 Å². The van der Waals surface area contributed by atoms with Gasteiger partial charge in [-0.1, -0.05) is 23.7 Å². The van der Waals surface area contributed by atoms with E-state index >= 15 is 0 Å². The zero-order valence-corrected chi connectivity index (χ0v) is 19.3. The quantitative estimate of drug-likeness (QED) is 0.336. The highest BCUT2D eigenvalue weighted by atomic mass is 35.5. The summed E-state index contributed by atoms with van der Waals surface area (Å²) in [7, 11) is 0. The van der Waals surface area contributed by atoms with Gasteiger partial charge in [-0.25, -0.2) is 14.1 Å². The molecule has 0 fully saturated rings. The van der Waals surface area contributed by atoms with E-state index in [-0.39, 0.29) is 18.0 Å². The fraction of sp³-hybridized carbons (Fsp3) is 0.115. The van der Waals surface area contributed by atoms with Gasteiger partial charge in [-0.15, -0.1) is 0 Å². The van der Waals surface area contributed by atoms with Crippen molar-refractivity contribution in [2.45, 2.75) is 20.5 Å². The molecule has 0 aliphatic carbocycles. The summed E-state index contributed by atoms with van der Waals surface area (Å²) in [6.07, 6.45) is 1.65. The first-order valence-corrected chi connectivity index (χ1v) is 11.0. The Morgan fingerprint density at radius 1 is 1.03 bits per heavy atom. The number of halogens is 2. The van der Waals surface area contributed by atoms with Crippen LogP contribution in [-0.2, 0) is 6.61 Å². The molecule has 8 heteroatoms.